The lowest BCUT2D eigenvalue weighted by Gasteiger charge is -2.22. The monoisotopic (exact) mass is 321 g/mol. The topological polar surface area (TPSA) is 68.0 Å². The molecule has 0 fully saturated rings. The number of para-hydroxylation sites is 1. The predicted octanol–water partition coefficient (Wildman–Crippen LogP) is 2.92. The third-order valence-corrected chi connectivity index (χ3v) is 3.75. The molecule has 2 rings (SSSR count). The van der Waals surface area contributed by atoms with Gasteiger partial charge in [0, 0.05) is 28.3 Å². The quantitative estimate of drug-likeness (QED) is 0.909. The molecule has 0 aliphatic rings. The molecule has 1 amide bonds. The van der Waals surface area contributed by atoms with Crippen LogP contribution in [0.2, 0.25) is 0 Å². The summed E-state index contributed by atoms with van der Waals surface area (Å²) in [5.74, 6) is -0.320. The van der Waals surface area contributed by atoms with Gasteiger partial charge < -0.3 is 11.1 Å². The average molecular weight is 322 g/mol. The van der Waals surface area contributed by atoms with Crippen molar-refractivity contribution in [1.29, 1.82) is 0 Å². The van der Waals surface area contributed by atoms with E-state index < -0.39 is 5.41 Å². The summed E-state index contributed by atoms with van der Waals surface area (Å²) >= 11 is 3.48. The molecular formula is C14H16BrN3O. The Morgan fingerprint density at radius 2 is 2.16 bits per heavy atom. The van der Waals surface area contributed by atoms with Crippen LogP contribution >= 0.6 is 15.9 Å². The van der Waals surface area contributed by atoms with E-state index in [4.69, 9.17) is 5.73 Å². The van der Waals surface area contributed by atoms with E-state index in [2.05, 4.69) is 26.2 Å². The lowest BCUT2D eigenvalue weighted by Crippen LogP contribution is -2.37. The van der Waals surface area contributed by atoms with Gasteiger partial charge in [-0.2, -0.15) is 0 Å². The molecule has 100 valence electrons. The standard InChI is InChI=1S/C14H16BrN3O/c1-14(2,13(16)19)8-18-11-6-7-17-12-9(11)4-3-5-10(12)15/h3-7H,8H2,1-2H3,(H2,16,19)(H,17,18). The van der Waals surface area contributed by atoms with Crippen LogP contribution in [0.3, 0.4) is 0 Å². The van der Waals surface area contributed by atoms with Crippen molar-refractivity contribution in [2.45, 2.75) is 13.8 Å². The Balaban J connectivity index is 2.32. The fourth-order valence-corrected chi connectivity index (χ4v) is 2.17. The zero-order valence-corrected chi connectivity index (χ0v) is 12.5. The number of aromatic nitrogens is 1. The van der Waals surface area contributed by atoms with Crippen molar-refractivity contribution in [1.82, 2.24) is 4.98 Å². The maximum atomic E-state index is 11.3. The number of fused-ring (bicyclic) bond motifs is 1. The largest absolute Gasteiger partial charge is 0.383 e. The van der Waals surface area contributed by atoms with E-state index in [1.165, 1.54) is 0 Å². The van der Waals surface area contributed by atoms with Crippen LogP contribution in [0.5, 0.6) is 0 Å². The van der Waals surface area contributed by atoms with E-state index in [-0.39, 0.29) is 5.91 Å². The van der Waals surface area contributed by atoms with Crippen molar-refractivity contribution in [2.24, 2.45) is 11.1 Å². The van der Waals surface area contributed by atoms with Crippen LogP contribution in [0.25, 0.3) is 10.9 Å². The number of rotatable bonds is 4. The first kappa shape index (κ1) is 13.8. The van der Waals surface area contributed by atoms with E-state index in [0.717, 1.165) is 21.1 Å². The van der Waals surface area contributed by atoms with Crippen LogP contribution < -0.4 is 11.1 Å². The number of benzene rings is 1. The predicted molar refractivity (Wildman–Crippen MR) is 80.9 cm³/mol. The molecule has 3 N–H and O–H groups in total. The minimum atomic E-state index is -0.596. The molecule has 0 saturated carbocycles. The van der Waals surface area contributed by atoms with Crippen LogP contribution in [0, 0.1) is 5.41 Å². The number of primary amides is 1. The SMILES string of the molecule is CC(C)(CNc1ccnc2c(Br)cccc12)C(N)=O. The Morgan fingerprint density at radius 3 is 2.84 bits per heavy atom. The molecule has 1 aromatic carbocycles. The maximum absolute atomic E-state index is 11.3. The normalized spacial score (nSPS) is 11.5. The Bertz CT molecular complexity index is 625. The smallest absolute Gasteiger partial charge is 0.224 e. The van der Waals surface area contributed by atoms with Crippen molar-refractivity contribution in [3.05, 3.63) is 34.9 Å². The minimum Gasteiger partial charge on any atom is -0.383 e. The lowest BCUT2D eigenvalue weighted by molar-refractivity contribution is -0.125. The van der Waals surface area contributed by atoms with E-state index >= 15 is 0 Å². The fraction of sp³-hybridized carbons (Fsp3) is 0.286. The Morgan fingerprint density at radius 1 is 1.42 bits per heavy atom. The van der Waals surface area contributed by atoms with Crippen molar-refractivity contribution in [3.63, 3.8) is 0 Å². The molecule has 5 heteroatoms. The Hall–Kier alpha value is -1.62. The summed E-state index contributed by atoms with van der Waals surface area (Å²) in [4.78, 5) is 15.7. The van der Waals surface area contributed by atoms with Crippen LogP contribution in [0.15, 0.2) is 34.9 Å². The van der Waals surface area contributed by atoms with Crippen LogP contribution in [0.4, 0.5) is 5.69 Å². The highest BCUT2D eigenvalue weighted by Crippen LogP contribution is 2.28. The number of anilines is 1. The van der Waals surface area contributed by atoms with Crippen molar-refractivity contribution in [2.75, 3.05) is 11.9 Å². The third-order valence-electron chi connectivity index (χ3n) is 3.11. The van der Waals surface area contributed by atoms with Gasteiger partial charge in [-0.05, 0) is 41.9 Å². The fourth-order valence-electron chi connectivity index (χ4n) is 1.70. The van der Waals surface area contributed by atoms with Gasteiger partial charge in [0.05, 0.1) is 10.9 Å². The molecule has 0 bridgehead atoms. The van der Waals surface area contributed by atoms with Crippen LogP contribution in [0.1, 0.15) is 13.8 Å². The molecule has 0 spiro atoms. The number of hydrogen-bond acceptors (Lipinski definition) is 3. The first-order chi connectivity index (χ1) is 8.92. The first-order valence-corrected chi connectivity index (χ1v) is 6.78. The molecule has 19 heavy (non-hydrogen) atoms. The number of halogens is 1. The average Bonchev–Trinajstić information content (AvgIpc) is 2.37. The van der Waals surface area contributed by atoms with Gasteiger partial charge >= 0.3 is 0 Å². The summed E-state index contributed by atoms with van der Waals surface area (Å²) in [5, 5.41) is 4.29. The number of carbonyl (C=O) groups excluding carboxylic acids is 1. The van der Waals surface area contributed by atoms with Crippen LogP contribution in [-0.2, 0) is 4.79 Å². The lowest BCUT2D eigenvalue weighted by atomic mass is 9.92. The number of carbonyl (C=O) groups is 1. The van der Waals surface area contributed by atoms with Crippen LogP contribution in [-0.4, -0.2) is 17.4 Å². The molecule has 0 saturated heterocycles. The van der Waals surface area contributed by atoms with Gasteiger partial charge in [-0.1, -0.05) is 12.1 Å². The highest BCUT2D eigenvalue weighted by molar-refractivity contribution is 9.10. The second-order valence-corrected chi connectivity index (χ2v) is 5.95. The third kappa shape index (κ3) is 2.87. The van der Waals surface area contributed by atoms with Crippen molar-refractivity contribution >= 4 is 38.4 Å². The van der Waals surface area contributed by atoms with Gasteiger partial charge in [-0.25, -0.2) is 0 Å². The molecule has 1 aromatic heterocycles. The molecule has 4 nitrogen and oxygen atoms in total. The molecular weight excluding hydrogens is 306 g/mol. The zero-order valence-electron chi connectivity index (χ0n) is 10.9. The minimum absolute atomic E-state index is 0.320. The van der Waals surface area contributed by atoms with E-state index in [0.29, 0.717) is 6.54 Å². The van der Waals surface area contributed by atoms with E-state index in [9.17, 15) is 4.79 Å². The number of nitrogens with two attached hydrogens (primary N) is 1. The van der Waals surface area contributed by atoms with E-state index in [1.54, 1.807) is 6.20 Å². The Labute approximate surface area is 120 Å². The number of amides is 1. The zero-order chi connectivity index (χ0) is 14.0. The molecule has 0 aliphatic heterocycles. The Kier molecular flexibility index (Phi) is 3.75. The number of pyridine rings is 1. The molecule has 1 heterocycles. The van der Waals surface area contributed by atoms with E-state index in [1.807, 2.05) is 38.1 Å². The summed E-state index contributed by atoms with van der Waals surface area (Å²) in [7, 11) is 0. The second kappa shape index (κ2) is 5.17. The maximum Gasteiger partial charge on any atom is 0.224 e. The molecule has 0 unspecified atom stereocenters. The summed E-state index contributed by atoms with van der Waals surface area (Å²) < 4.78 is 0.947. The first-order valence-electron chi connectivity index (χ1n) is 5.99. The van der Waals surface area contributed by atoms with Gasteiger partial charge in [0.1, 0.15) is 0 Å². The molecule has 0 radical (unpaired) electrons. The van der Waals surface area contributed by atoms with Gasteiger partial charge in [0.2, 0.25) is 5.91 Å². The molecule has 0 aliphatic carbocycles. The van der Waals surface area contributed by atoms with Crippen molar-refractivity contribution < 1.29 is 4.79 Å². The number of hydrogen-bond donors (Lipinski definition) is 2. The van der Waals surface area contributed by atoms with Gasteiger partial charge in [0.15, 0.2) is 0 Å². The summed E-state index contributed by atoms with van der Waals surface area (Å²) in [6.07, 6.45) is 1.74. The van der Waals surface area contributed by atoms with Crippen molar-refractivity contribution in [3.8, 4) is 0 Å². The number of nitrogens with zero attached hydrogens (tertiary/aromatic N) is 1. The second-order valence-electron chi connectivity index (χ2n) is 5.10. The summed E-state index contributed by atoms with van der Waals surface area (Å²) in [6.45, 7) is 4.12. The summed E-state index contributed by atoms with van der Waals surface area (Å²) in [5.41, 5.74) is 6.61. The van der Waals surface area contributed by atoms with Gasteiger partial charge in [-0.15, -0.1) is 0 Å². The highest BCUT2D eigenvalue weighted by Gasteiger charge is 2.24. The molecule has 0 atom stereocenters. The van der Waals surface area contributed by atoms with Gasteiger partial charge in [0.25, 0.3) is 0 Å². The highest BCUT2D eigenvalue weighted by atomic mass is 79.9. The number of nitrogens with one attached hydrogen (secondary N) is 1. The molecule has 2 aromatic rings. The summed E-state index contributed by atoms with van der Waals surface area (Å²) in [6, 6.07) is 7.80. The van der Waals surface area contributed by atoms with Gasteiger partial charge in [-0.3, -0.25) is 9.78 Å².